The van der Waals surface area contributed by atoms with Gasteiger partial charge in [-0.2, -0.15) is 0 Å². The van der Waals surface area contributed by atoms with Gasteiger partial charge in [0.2, 0.25) is 0 Å². The molecule has 1 heterocycles. The highest BCUT2D eigenvalue weighted by atomic mass is 35.5. The van der Waals surface area contributed by atoms with Gasteiger partial charge < -0.3 is 10.1 Å². The lowest BCUT2D eigenvalue weighted by atomic mass is 10.2. The third-order valence-electron chi connectivity index (χ3n) is 3.08. The van der Waals surface area contributed by atoms with Gasteiger partial charge in [-0.25, -0.2) is 13.2 Å². The number of sulfone groups is 1. The molecule has 1 aromatic carbocycles. The van der Waals surface area contributed by atoms with Crippen LogP contribution in [0.25, 0.3) is 0 Å². The normalized spacial score (nSPS) is 19.6. The number of hydrogen-bond donors (Lipinski definition) is 1. The molecule has 1 aliphatic rings. The lowest BCUT2D eigenvalue weighted by Gasteiger charge is -2.11. The highest BCUT2D eigenvalue weighted by molar-refractivity contribution is 7.91. The largest absolute Gasteiger partial charge is 0.452 e. The van der Waals surface area contributed by atoms with Gasteiger partial charge in [-0.1, -0.05) is 23.2 Å². The van der Waals surface area contributed by atoms with Crippen LogP contribution in [0.5, 0.6) is 0 Å². The van der Waals surface area contributed by atoms with Crippen LogP contribution in [0.2, 0.25) is 10.0 Å². The Labute approximate surface area is 137 Å². The second kappa shape index (κ2) is 6.85. The number of carbonyl (C=O) groups excluding carboxylic acids is 2. The van der Waals surface area contributed by atoms with E-state index in [-0.39, 0.29) is 22.1 Å². The Balaban J connectivity index is 1.84. The lowest BCUT2D eigenvalue weighted by molar-refractivity contribution is -0.124. The van der Waals surface area contributed by atoms with Crippen LogP contribution in [0.4, 0.5) is 0 Å². The second-order valence-corrected chi connectivity index (χ2v) is 7.94. The van der Waals surface area contributed by atoms with Crippen molar-refractivity contribution in [1.29, 1.82) is 0 Å². The van der Waals surface area contributed by atoms with Crippen LogP contribution >= 0.6 is 23.2 Å². The Kier molecular flexibility index (Phi) is 5.31. The molecule has 0 unspecified atom stereocenters. The predicted octanol–water partition coefficient (Wildman–Crippen LogP) is 1.45. The number of halogens is 2. The molecule has 0 aliphatic carbocycles. The van der Waals surface area contributed by atoms with Gasteiger partial charge in [0.05, 0.1) is 22.1 Å². The second-order valence-electron chi connectivity index (χ2n) is 4.87. The molecule has 0 bridgehead atoms. The van der Waals surface area contributed by atoms with Crippen molar-refractivity contribution in [3.05, 3.63) is 33.8 Å². The summed E-state index contributed by atoms with van der Waals surface area (Å²) < 4.78 is 27.4. The van der Waals surface area contributed by atoms with Gasteiger partial charge >= 0.3 is 5.97 Å². The van der Waals surface area contributed by atoms with Gasteiger partial charge in [-0.05, 0) is 24.6 Å². The van der Waals surface area contributed by atoms with E-state index in [4.69, 9.17) is 27.9 Å². The summed E-state index contributed by atoms with van der Waals surface area (Å²) in [5, 5.41) is 3.02. The standard InChI is InChI=1S/C13H13Cl2NO5S/c14-8-1-2-10(11(15)5-8)13(18)21-6-12(17)16-9-3-4-22(19,20)7-9/h1-2,5,9H,3-4,6-7H2,(H,16,17)/t9-/m1/s1. The average molecular weight is 366 g/mol. The molecule has 1 amide bonds. The quantitative estimate of drug-likeness (QED) is 0.815. The molecule has 2 rings (SSSR count). The SMILES string of the molecule is O=C(COC(=O)c1ccc(Cl)cc1Cl)N[C@@H]1CCS(=O)(=O)C1. The zero-order valence-corrected chi connectivity index (χ0v) is 13.7. The van der Waals surface area contributed by atoms with E-state index in [9.17, 15) is 18.0 Å². The molecule has 0 saturated carbocycles. The minimum Gasteiger partial charge on any atom is -0.452 e. The van der Waals surface area contributed by atoms with E-state index >= 15 is 0 Å². The summed E-state index contributed by atoms with van der Waals surface area (Å²) in [6, 6.07) is 3.83. The molecule has 1 fully saturated rings. The summed E-state index contributed by atoms with van der Waals surface area (Å²) in [7, 11) is -3.08. The first-order valence-corrected chi connectivity index (χ1v) is 8.96. The minimum atomic E-state index is -3.08. The van der Waals surface area contributed by atoms with E-state index in [0.29, 0.717) is 11.4 Å². The van der Waals surface area contributed by atoms with E-state index in [2.05, 4.69) is 5.32 Å². The van der Waals surface area contributed by atoms with Crippen LogP contribution in [0.15, 0.2) is 18.2 Å². The van der Waals surface area contributed by atoms with E-state index in [1.165, 1.54) is 18.2 Å². The van der Waals surface area contributed by atoms with Crippen LogP contribution in [-0.4, -0.2) is 44.4 Å². The van der Waals surface area contributed by atoms with E-state index in [1.807, 2.05) is 0 Å². The number of ether oxygens (including phenoxy) is 1. The first kappa shape index (κ1) is 17.1. The molecule has 1 N–H and O–H groups in total. The van der Waals surface area contributed by atoms with E-state index in [1.54, 1.807) is 0 Å². The number of rotatable bonds is 4. The van der Waals surface area contributed by atoms with Gasteiger partial charge in [0.1, 0.15) is 0 Å². The van der Waals surface area contributed by atoms with E-state index in [0.717, 1.165) is 0 Å². The van der Waals surface area contributed by atoms with Crippen molar-refractivity contribution in [2.24, 2.45) is 0 Å². The Morgan fingerprint density at radius 3 is 2.64 bits per heavy atom. The molecule has 120 valence electrons. The summed E-state index contributed by atoms with van der Waals surface area (Å²) >= 11 is 11.6. The summed E-state index contributed by atoms with van der Waals surface area (Å²) in [5.41, 5.74) is 0.0994. The summed E-state index contributed by atoms with van der Waals surface area (Å²) in [4.78, 5) is 23.4. The third-order valence-corrected chi connectivity index (χ3v) is 5.40. The molecule has 0 radical (unpaired) electrons. The molecule has 0 spiro atoms. The molecular formula is C13H13Cl2NO5S. The van der Waals surface area contributed by atoms with Crippen molar-refractivity contribution in [3.8, 4) is 0 Å². The molecule has 22 heavy (non-hydrogen) atoms. The maximum atomic E-state index is 11.8. The van der Waals surface area contributed by atoms with Crippen LogP contribution in [0.3, 0.4) is 0 Å². The monoisotopic (exact) mass is 365 g/mol. The molecule has 1 aliphatic heterocycles. The Hall–Kier alpha value is -1.31. The number of hydrogen-bond acceptors (Lipinski definition) is 5. The fourth-order valence-electron chi connectivity index (χ4n) is 2.04. The fraction of sp³-hybridized carbons (Fsp3) is 0.385. The van der Waals surface area contributed by atoms with Crippen molar-refractivity contribution in [2.75, 3.05) is 18.1 Å². The van der Waals surface area contributed by atoms with E-state index < -0.39 is 34.4 Å². The average Bonchev–Trinajstić information content (AvgIpc) is 2.75. The zero-order valence-electron chi connectivity index (χ0n) is 11.3. The maximum absolute atomic E-state index is 11.8. The van der Waals surface area contributed by atoms with Gasteiger partial charge in [0, 0.05) is 11.1 Å². The highest BCUT2D eigenvalue weighted by Crippen LogP contribution is 2.21. The van der Waals surface area contributed by atoms with Crippen molar-refractivity contribution in [2.45, 2.75) is 12.5 Å². The molecule has 6 nitrogen and oxygen atoms in total. The predicted molar refractivity (Wildman–Crippen MR) is 81.9 cm³/mol. The van der Waals surface area contributed by atoms with Crippen molar-refractivity contribution >= 4 is 44.9 Å². The number of benzene rings is 1. The number of nitrogens with one attached hydrogen (secondary N) is 1. The van der Waals surface area contributed by atoms with Crippen LogP contribution in [0, 0.1) is 0 Å². The lowest BCUT2D eigenvalue weighted by Crippen LogP contribution is -2.38. The number of esters is 1. The van der Waals surface area contributed by atoms with Crippen molar-refractivity contribution in [3.63, 3.8) is 0 Å². The van der Waals surface area contributed by atoms with Crippen LogP contribution < -0.4 is 5.32 Å². The Morgan fingerprint density at radius 2 is 2.05 bits per heavy atom. The Morgan fingerprint density at radius 1 is 1.32 bits per heavy atom. The first-order chi connectivity index (χ1) is 10.3. The molecule has 1 saturated heterocycles. The van der Waals surface area contributed by atoms with Crippen molar-refractivity contribution < 1.29 is 22.7 Å². The topological polar surface area (TPSA) is 89.5 Å². The summed E-state index contributed by atoms with van der Waals surface area (Å²) in [6.07, 6.45) is 0.366. The van der Waals surface area contributed by atoms with Gasteiger partial charge in [-0.15, -0.1) is 0 Å². The maximum Gasteiger partial charge on any atom is 0.340 e. The third kappa shape index (κ3) is 4.59. The van der Waals surface area contributed by atoms with Gasteiger partial charge in [0.15, 0.2) is 16.4 Å². The van der Waals surface area contributed by atoms with Crippen molar-refractivity contribution in [1.82, 2.24) is 5.32 Å². The molecule has 0 aromatic heterocycles. The summed E-state index contributed by atoms with van der Waals surface area (Å²) in [6.45, 7) is -0.506. The van der Waals surface area contributed by atoms with Gasteiger partial charge in [-0.3, -0.25) is 4.79 Å². The molecule has 1 aromatic rings. The zero-order chi connectivity index (χ0) is 16.3. The molecule has 9 heteroatoms. The van der Waals surface area contributed by atoms with Crippen LogP contribution in [-0.2, 0) is 19.4 Å². The molecular weight excluding hydrogens is 353 g/mol. The number of amides is 1. The van der Waals surface area contributed by atoms with Crippen LogP contribution in [0.1, 0.15) is 16.8 Å². The summed E-state index contributed by atoms with van der Waals surface area (Å²) in [5.74, 6) is -1.34. The fourth-order valence-corrected chi connectivity index (χ4v) is 4.20. The minimum absolute atomic E-state index is 0.0537. The Bertz CT molecular complexity index is 704. The first-order valence-electron chi connectivity index (χ1n) is 6.39. The van der Waals surface area contributed by atoms with Gasteiger partial charge in [0.25, 0.3) is 5.91 Å². The number of carbonyl (C=O) groups is 2. The molecule has 1 atom stereocenters. The highest BCUT2D eigenvalue weighted by Gasteiger charge is 2.29. The smallest absolute Gasteiger partial charge is 0.340 e.